The average molecular weight is 153 g/mol. The van der Waals surface area contributed by atoms with Gasteiger partial charge in [0.05, 0.1) is 0 Å². The summed E-state index contributed by atoms with van der Waals surface area (Å²) in [6, 6.07) is 0.738. The molecule has 1 fully saturated rings. The second-order valence-electron chi connectivity index (χ2n) is 3.41. The van der Waals surface area contributed by atoms with Crippen LogP contribution in [-0.4, -0.2) is 24.5 Å². The summed E-state index contributed by atoms with van der Waals surface area (Å²) in [5.74, 6) is 0. The van der Waals surface area contributed by atoms with Gasteiger partial charge in [-0.2, -0.15) is 0 Å². The molecule has 1 rings (SSSR count). The van der Waals surface area contributed by atoms with Crippen molar-refractivity contribution in [2.45, 2.75) is 38.6 Å². The Balaban J connectivity index is 2.24. The van der Waals surface area contributed by atoms with Gasteiger partial charge in [0.2, 0.25) is 0 Å². The van der Waals surface area contributed by atoms with Crippen LogP contribution in [0.1, 0.15) is 32.6 Å². The summed E-state index contributed by atoms with van der Waals surface area (Å²) in [5.41, 5.74) is 0. The van der Waals surface area contributed by atoms with E-state index in [2.05, 4.69) is 31.0 Å². The van der Waals surface area contributed by atoms with E-state index in [1.807, 2.05) is 0 Å². The first-order valence-corrected chi connectivity index (χ1v) is 4.71. The van der Waals surface area contributed by atoms with Crippen LogP contribution in [0.25, 0.3) is 0 Å². The number of hydrogen-bond donors (Lipinski definition) is 0. The zero-order chi connectivity index (χ0) is 8.10. The van der Waals surface area contributed by atoms with Crippen LogP contribution < -0.4 is 0 Å². The molecule has 0 spiro atoms. The topological polar surface area (TPSA) is 3.24 Å². The van der Waals surface area contributed by atoms with E-state index >= 15 is 0 Å². The Labute approximate surface area is 70.1 Å². The number of likely N-dealkylation sites (N-methyl/N-ethyl adjacent to an activating group) is 1. The minimum Gasteiger partial charge on any atom is -0.300 e. The van der Waals surface area contributed by atoms with Crippen molar-refractivity contribution in [3.8, 4) is 0 Å². The molecule has 0 amide bonds. The van der Waals surface area contributed by atoms with Crippen LogP contribution in [0.5, 0.6) is 0 Å². The maximum absolute atomic E-state index is 2.44. The van der Waals surface area contributed by atoms with Crippen molar-refractivity contribution in [2.24, 2.45) is 0 Å². The Morgan fingerprint density at radius 3 is 2.91 bits per heavy atom. The smallest absolute Gasteiger partial charge is 0.0275 e. The number of rotatable bonds is 3. The molecule has 1 aliphatic rings. The number of allylic oxidation sites excluding steroid dienone is 1. The third-order valence-electron chi connectivity index (χ3n) is 2.39. The second kappa shape index (κ2) is 4.55. The first-order valence-electron chi connectivity index (χ1n) is 4.71. The van der Waals surface area contributed by atoms with E-state index in [0.29, 0.717) is 0 Å². The molecule has 11 heavy (non-hydrogen) atoms. The van der Waals surface area contributed by atoms with Gasteiger partial charge >= 0.3 is 0 Å². The van der Waals surface area contributed by atoms with Gasteiger partial charge in [-0.25, -0.2) is 0 Å². The second-order valence-corrected chi connectivity index (χ2v) is 3.41. The van der Waals surface area contributed by atoms with Gasteiger partial charge in [0, 0.05) is 6.04 Å². The Kier molecular flexibility index (Phi) is 3.64. The lowest BCUT2D eigenvalue weighted by molar-refractivity contribution is 0.356. The van der Waals surface area contributed by atoms with Crippen molar-refractivity contribution < 1.29 is 0 Å². The fraction of sp³-hybridized carbons (Fsp3) is 0.800. The fourth-order valence-corrected chi connectivity index (χ4v) is 1.60. The van der Waals surface area contributed by atoms with E-state index in [-0.39, 0.29) is 0 Å². The quantitative estimate of drug-likeness (QED) is 0.563. The van der Waals surface area contributed by atoms with Crippen LogP contribution in [-0.2, 0) is 0 Å². The summed E-state index contributed by atoms with van der Waals surface area (Å²) < 4.78 is 0. The molecule has 1 atom stereocenters. The predicted octanol–water partition coefficient (Wildman–Crippen LogP) is 2.44. The summed E-state index contributed by atoms with van der Waals surface area (Å²) in [6.07, 6.45) is 9.94. The summed E-state index contributed by atoms with van der Waals surface area (Å²) in [4.78, 5) is 2.44. The minimum absolute atomic E-state index is 0.738. The summed E-state index contributed by atoms with van der Waals surface area (Å²) in [5, 5.41) is 0. The highest BCUT2D eigenvalue weighted by Crippen LogP contribution is 2.15. The molecule has 0 saturated carbocycles. The Morgan fingerprint density at radius 1 is 1.55 bits per heavy atom. The van der Waals surface area contributed by atoms with Crippen LogP contribution in [0.3, 0.4) is 0 Å². The molecule has 0 aromatic rings. The normalized spacial score (nSPS) is 26.9. The van der Waals surface area contributed by atoms with Gasteiger partial charge in [-0.1, -0.05) is 25.5 Å². The van der Waals surface area contributed by atoms with Crippen molar-refractivity contribution in [2.75, 3.05) is 13.6 Å². The van der Waals surface area contributed by atoms with E-state index in [1.165, 1.54) is 32.2 Å². The fourth-order valence-electron chi connectivity index (χ4n) is 1.60. The molecule has 0 aromatic heterocycles. The maximum Gasteiger partial charge on any atom is 0.0275 e. The van der Waals surface area contributed by atoms with Crippen molar-refractivity contribution in [1.29, 1.82) is 0 Å². The first kappa shape index (κ1) is 8.79. The zero-order valence-corrected chi connectivity index (χ0v) is 7.71. The third kappa shape index (κ3) is 2.66. The van der Waals surface area contributed by atoms with Gasteiger partial charge in [-0.15, -0.1) is 0 Å². The van der Waals surface area contributed by atoms with E-state index in [4.69, 9.17) is 0 Å². The molecule has 1 heterocycles. The number of likely N-dealkylation sites (tertiary alicyclic amines) is 1. The van der Waals surface area contributed by atoms with Gasteiger partial charge in [0.1, 0.15) is 0 Å². The predicted molar refractivity (Wildman–Crippen MR) is 49.7 cm³/mol. The number of nitrogens with zero attached hydrogens (tertiary/aromatic N) is 1. The molecule has 1 aliphatic heterocycles. The van der Waals surface area contributed by atoms with Crippen molar-refractivity contribution in [1.82, 2.24) is 4.90 Å². The molecule has 1 unspecified atom stereocenters. The maximum atomic E-state index is 2.44. The van der Waals surface area contributed by atoms with Crippen molar-refractivity contribution in [3.63, 3.8) is 0 Å². The summed E-state index contributed by atoms with van der Waals surface area (Å²) >= 11 is 0. The highest BCUT2D eigenvalue weighted by atomic mass is 15.1. The van der Waals surface area contributed by atoms with Crippen LogP contribution in [0, 0.1) is 0 Å². The first-order chi connectivity index (χ1) is 5.34. The highest BCUT2D eigenvalue weighted by molar-refractivity contribution is 4.96. The lowest BCUT2D eigenvalue weighted by atomic mass is 10.2. The molecule has 1 nitrogen and oxygen atoms in total. The Morgan fingerprint density at radius 2 is 2.36 bits per heavy atom. The number of unbranched alkanes of at least 4 members (excludes halogenated alkanes) is 1. The minimum atomic E-state index is 0.738. The third-order valence-corrected chi connectivity index (χ3v) is 2.39. The molecule has 64 valence electrons. The summed E-state index contributed by atoms with van der Waals surface area (Å²) in [7, 11) is 2.22. The van der Waals surface area contributed by atoms with Crippen molar-refractivity contribution in [3.05, 3.63) is 12.2 Å². The van der Waals surface area contributed by atoms with Gasteiger partial charge in [0.15, 0.2) is 0 Å². The van der Waals surface area contributed by atoms with E-state index in [9.17, 15) is 0 Å². The van der Waals surface area contributed by atoms with E-state index in [1.54, 1.807) is 0 Å². The van der Waals surface area contributed by atoms with Gasteiger partial charge in [-0.05, 0) is 32.9 Å². The van der Waals surface area contributed by atoms with Crippen LogP contribution in [0.2, 0.25) is 0 Å². The van der Waals surface area contributed by atoms with Crippen LogP contribution in [0.4, 0.5) is 0 Å². The molecule has 1 saturated heterocycles. The average Bonchev–Trinajstić information content (AvgIpc) is 2.37. The molecule has 0 aromatic carbocycles. The molecule has 0 bridgehead atoms. The molecular formula is C10H19N. The van der Waals surface area contributed by atoms with Gasteiger partial charge < -0.3 is 0 Å². The largest absolute Gasteiger partial charge is 0.300 e. The van der Waals surface area contributed by atoms with E-state index in [0.717, 1.165) is 6.04 Å². The zero-order valence-electron chi connectivity index (χ0n) is 7.71. The van der Waals surface area contributed by atoms with Crippen molar-refractivity contribution >= 4 is 0 Å². The SMILES string of the molecule is CCCC=CC1CCCN1C. The van der Waals surface area contributed by atoms with E-state index < -0.39 is 0 Å². The molecule has 0 N–H and O–H groups in total. The molecular weight excluding hydrogens is 134 g/mol. The monoisotopic (exact) mass is 153 g/mol. The Bertz CT molecular complexity index is 129. The van der Waals surface area contributed by atoms with Gasteiger partial charge in [-0.3, -0.25) is 4.90 Å². The highest BCUT2D eigenvalue weighted by Gasteiger charge is 2.16. The Hall–Kier alpha value is -0.300. The number of hydrogen-bond acceptors (Lipinski definition) is 1. The lowest BCUT2D eigenvalue weighted by Crippen LogP contribution is -2.22. The molecule has 1 heteroatoms. The van der Waals surface area contributed by atoms with Gasteiger partial charge in [0.25, 0.3) is 0 Å². The standard InChI is InChI=1S/C10H19N/c1-3-4-5-7-10-8-6-9-11(10)2/h5,7,10H,3-4,6,8-9H2,1-2H3. The summed E-state index contributed by atoms with van der Waals surface area (Å²) in [6.45, 7) is 3.50. The lowest BCUT2D eigenvalue weighted by Gasteiger charge is -2.14. The van der Waals surface area contributed by atoms with Crippen LogP contribution in [0.15, 0.2) is 12.2 Å². The molecule has 0 aliphatic carbocycles. The van der Waals surface area contributed by atoms with Crippen LogP contribution >= 0.6 is 0 Å². The molecule has 0 radical (unpaired) electrons.